The molecular formula is C19H25F2N3O. The van der Waals surface area contributed by atoms with Crippen molar-refractivity contribution in [2.45, 2.75) is 46.1 Å². The third-order valence-electron chi connectivity index (χ3n) is 4.65. The van der Waals surface area contributed by atoms with Crippen molar-refractivity contribution in [3.63, 3.8) is 0 Å². The summed E-state index contributed by atoms with van der Waals surface area (Å²) in [6.45, 7) is 7.94. The van der Waals surface area contributed by atoms with Crippen molar-refractivity contribution in [3.8, 4) is 0 Å². The highest BCUT2D eigenvalue weighted by Gasteiger charge is 2.35. The first-order valence-corrected chi connectivity index (χ1v) is 8.76. The minimum absolute atomic E-state index is 0.0363. The fourth-order valence-corrected chi connectivity index (χ4v) is 3.56. The van der Waals surface area contributed by atoms with E-state index in [1.165, 1.54) is 0 Å². The van der Waals surface area contributed by atoms with Gasteiger partial charge in [0.2, 0.25) is 0 Å². The molecule has 0 amide bonds. The number of anilines is 1. The van der Waals surface area contributed by atoms with Gasteiger partial charge in [-0.15, -0.1) is 0 Å². The summed E-state index contributed by atoms with van der Waals surface area (Å²) in [6, 6.07) is 7.24. The molecule has 1 saturated heterocycles. The van der Waals surface area contributed by atoms with E-state index in [0.29, 0.717) is 23.8 Å². The smallest absolute Gasteiger partial charge is 0.297 e. The normalized spacial score (nSPS) is 21.7. The summed E-state index contributed by atoms with van der Waals surface area (Å²) >= 11 is 0. The molecule has 0 aliphatic carbocycles. The summed E-state index contributed by atoms with van der Waals surface area (Å²) in [5.74, 6) is 0.352. The first-order chi connectivity index (χ1) is 11.9. The number of halogens is 2. The van der Waals surface area contributed by atoms with Gasteiger partial charge in [0, 0.05) is 24.5 Å². The zero-order chi connectivity index (χ0) is 18.0. The van der Waals surface area contributed by atoms with Gasteiger partial charge in [-0.2, -0.15) is 0 Å². The van der Waals surface area contributed by atoms with Crippen LogP contribution in [-0.4, -0.2) is 29.2 Å². The summed E-state index contributed by atoms with van der Waals surface area (Å²) in [5, 5.41) is 4.05. The Balaban J connectivity index is 1.84. The van der Waals surface area contributed by atoms with E-state index in [9.17, 15) is 8.78 Å². The second-order valence-electron chi connectivity index (χ2n) is 7.69. The molecule has 0 radical (unpaired) electrons. The predicted molar refractivity (Wildman–Crippen MR) is 94.9 cm³/mol. The van der Waals surface area contributed by atoms with Gasteiger partial charge in [-0.05, 0) is 30.4 Å². The molecule has 1 N–H and O–H groups in total. The molecule has 0 saturated carbocycles. The Morgan fingerprint density at radius 2 is 2.00 bits per heavy atom. The maximum atomic E-state index is 13.1. The third kappa shape index (κ3) is 4.06. The molecule has 2 heterocycles. The van der Waals surface area contributed by atoms with Crippen molar-refractivity contribution in [1.82, 2.24) is 9.97 Å². The number of ether oxygens (including phenoxy) is 1. The number of benzene rings is 1. The van der Waals surface area contributed by atoms with Crippen LogP contribution in [0.15, 0.2) is 24.3 Å². The molecule has 1 aliphatic rings. The van der Waals surface area contributed by atoms with Crippen LogP contribution in [0, 0.1) is 11.3 Å². The van der Waals surface area contributed by atoms with Crippen LogP contribution < -0.4 is 5.32 Å². The highest BCUT2D eigenvalue weighted by atomic mass is 19.3. The number of fused-ring (bicyclic) bond motifs is 1. The second-order valence-corrected chi connectivity index (χ2v) is 7.69. The number of alkyl halides is 2. The van der Waals surface area contributed by atoms with E-state index in [1.807, 2.05) is 12.1 Å². The number of aromatic nitrogens is 2. The Hall–Kier alpha value is -1.82. The zero-order valence-corrected chi connectivity index (χ0v) is 14.9. The van der Waals surface area contributed by atoms with Gasteiger partial charge in [-0.3, -0.25) is 0 Å². The van der Waals surface area contributed by atoms with E-state index in [4.69, 9.17) is 4.74 Å². The van der Waals surface area contributed by atoms with Crippen LogP contribution in [-0.2, 0) is 4.74 Å². The molecule has 1 aromatic carbocycles. The van der Waals surface area contributed by atoms with Gasteiger partial charge >= 0.3 is 0 Å². The maximum absolute atomic E-state index is 13.1. The summed E-state index contributed by atoms with van der Waals surface area (Å²) < 4.78 is 32.2. The Morgan fingerprint density at radius 1 is 1.24 bits per heavy atom. The van der Waals surface area contributed by atoms with Gasteiger partial charge in [-0.1, -0.05) is 32.9 Å². The van der Waals surface area contributed by atoms with Crippen molar-refractivity contribution < 1.29 is 13.5 Å². The average Bonchev–Trinajstić information content (AvgIpc) is 2.58. The molecule has 1 fully saturated rings. The summed E-state index contributed by atoms with van der Waals surface area (Å²) in [4.78, 5) is 8.02. The maximum Gasteiger partial charge on any atom is 0.297 e. The SMILES string of the molecule is CC(C)(C)[C@H]1OCCC[C@@H]1CNc1nc(C(F)F)nc2ccccc12. The summed E-state index contributed by atoms with van der Waals surface area (Å²) in [6.07, 6.45) is -0.479. The molecular weight excluding hydrogens is 324 g/mol. The summed E-state index contributed by atoms with van der Waals surface area (Å²) in [7, 11) is 0. The number of hydrogen-bond donors (Lipinski definition) is 1. The molecule has 0 bridgehead atoms. The van der Waals surface area contributed by atoms with Gasteiger partial charge in [-0.25, -0.2) is 18.7 Å². The van der Waals surface area contributed by atoms with Crippen molar-refractivity contribution >= 4 is 16.7 Å². The van der Waals surface area contributed by atoms with Crippen LogP contribution in [0.25, 0.3) is 10.9 Å². The number of hydrogen-bond acceptors (Lipinski definition) is 4. The Labute approximate surface area is 147 Å². The molecule has 136 valence electrons. The van der Waals surface area contributed by atoms with E-state index in [1.54, 1.807) is 12.1 Å². The van der Waals surface area contributed by atoms with Crippen LogP contribution in [0.2, 0.25) is 0 Å². The molecule has 2 atom stereocenters. The molecule has 4 nitrogen and oxygen atoms in total. The molecule has 0 unspecified atom stereocenters. The lowest BCUT2D eigenvalue weighted by atomic mass is 9.78. The van der Waals surface area contributed by atoms with Gasteiger partial charge in [0.25, 0.3) is 6.43 Å². The topological polar surface area (TPSA) is 47.0 Å². The van der Waals surface area contributed by atoms with Crippen LogP contribution in [0.1, 0.15) is 45.9 Å². The lowest BCUT2D eigenvalue weighted by Gasteiger charge is -2.40. The first-order valence-electron chi connectivity index (χ1n) is 8.76. The van der Waals surface area contributed by atoms with E-state index in [-0.39, 0.29) is 11.5 Å². The largest absolute Gasteiger partial charge is 0.377 e. The fourth-order valence-electron chi connectivity index (χ4n) is 3.56. The van der Waals surface area contributed by atoms with Gasteiger partial charge in [0.15, 0.2) is 5.82 Å². The van der Waals surface area contributed by atoms with Crippen LogP contribution in [0.5, 0.6) is 0 Å². The van der Waals surface area contributed by atoms with Gasteiger partial charge < -0.3 is 10.1 Å². The highest BCUT2D eigenvalue weighted by molar-refractivity contribution is 5.89. The molecule has 0 spiro atoms. The summed E-state index contributed by atoms with van der Waals surface area (Å²) in [5.41, 5.74) is 0.567. The Kier molecular flexibility index (Phi) is 5.18. The van der Waals surface area contributed by atoms with E-state index in [2.05, 4.69) is 36.1 Å². The first kappa shape index (κ1) is 18.0. The predicted octanol–water partition coefficient (Wildman–Crippen LogP) is 4.82. The monoisotopic (exact) mass is 349 g/mol. The fraction of sp³-hybridized carbons (Fsp3) is 0.579. The van der Waals surface area contributed by atoms with Crippen LogP contribution in [0.3, 0.4) is 0 Å². The van der Waals surface area contributed by atoms with Crippen molar-refractivity contribution in [3.05, 3.63) is 30.1 Å². The molecule has 3 rings (SSSR count). The second kappa shape index (κ2) is 7.20. The number of para-hydroxylation sites is 1. The molecule has 25 heavy (non-hydrogen) atoms. The number of nitrogens with one attached hydrogen (secondary N) is 1. The van der Waals surface area contributed by atoms with E-state index < -0.39 is 12.2 Å². The van der Waals surface area contributed by atoms with Gasteiger partial charge in [0.1, 0.15) is 5.82 Å². The Bertz CT molecular complexity index is 730. The third-order valence-corrected chi connectivity index (χ3v) is 4.65. The zero-order valence-electron chi connectivity index (χ0n) is 14.9. The minimum Gasteiger partial charge on any atom is -0.377 e. The molecule has 1 aliphatic heterocycles. The average molecular weight is 349 g/mol. The molecule has 6 heteroatoms. The standard InChI is InChI=1S/C19H25F2N3O/c1-19(2,3)15-12(7-6-10-25-15)11-22-17-13-8-4-5-9-14(13)23-18(24-17)16(20)21/h4-5,8-9,12,15-16H,6-7,10-11H2,1-3H3,(H,22,23,24)/t12-,15+/m1/s1. The molecule has 2 aromatic rings. The van der Waals surface area contributed by atoms with E-state index >= 15 is 0 Å². The Morgan fingerprint density at radius 3 is 2.72 bits per heavy atom. The highest BCUT2D eigenvalue weighted by Crippen LogP contribution is 2.34. The number of rotatable bonds is 4. The lowest BCUT2D eigenvalue weighted by molar-refractivity contribution is -0.0814. The van der Waals surface area contributed by atoms with Gasteiger partial charge in [0.05, 0.1) is 11.6 Å². The van der Waals surface area contributed by atoms with Crippen molar-refractivity contribution in [2.75, 3.05) is 18.5 Å². The van der Waals surface area contributed by atoms with Crippen LogP contribution >= 0.6 is 0 Å². The van der Waals surface area contributed by atoms with Crippen molar-refractivity contribution in [1.29, 1.82) is 0 Å². The number of nitrogens with zero attached hydrogens (tertiary/aromatic N) is 2. The minimum atomic E-state index is -2.69. The van der Waals surface area contributed by atoms with E-state index in [0.717, 1.165) is 24.8 Å². The molecule has 1 aromatic heterocycles. The van der Waals surface area contributed by atoms with Crippen molar-refractivity contribution in [2.24, 2.45) is 11.3 Å². The van der Waals surface area contributed by atoms with Crippen LogP contribution in [0.4, 0.5) is 14.6 Å². The lowest BCUT2D eigenvalue weighted by Crippen LogP contribution is -2.42. The quantitative estimate of drug-likeness (QED) is 0.859.